The summed E-state index contributed by atoms with van der Waals surface area (Å²) in [7, 11) is 0. The first-order valence-corrected chi connectivity index (χ1v) is 10.5. The second-order valence-electron chi connectivity index (χ2n) is 6.59. The molecule has 1 aromatic carbocycles. The maximum absolute atomic E-state index is 12.7. The first-order valence-electron chi connectivity index (χ1n) is 9.07. The Bertz CT molecular complexity index is 570. The Morgan fingerprint density at radius 1 is 1.35 bits per heavy atom. The summed E-state index contributed by atoms with van der Waals surface area (Å²) in [4.78, 5) is 24.9. The summed E-state index contributed by atoms with van der Waals surface area (Å²) in [5, 5.41) is 9.26. The van der Waals surface area contributed by atoms with Gasteiger partial charge in [-0.2, -0.15) is 11.8 Å². The number of para-hydroxylation sites is 1. The van der Waals surface area contributed by atoms with E-state index in [9.17, 15) is 9.59 Å². The number of thioether (sulfide) groups is 1. The van der Waals surface area contributed by atoms with E-state index in [1.807, 2.05) is 24.5 Å². The van der Waals surface area contributed by atoms with E-state index < -0.39 is 6.04 Å². The summed E-state index contributed by atoms with van der Waals surface area (Å²) in [5.74, 6) is 1.43. The van der Waals surface area contributed by atoms with Crippen molar-refractivity contribution in [3.63, 3.8) is 0 Å². The minimum absolute atomic E-state index is 0.100. The van der Waals surface area contributed by atoms with Gasteiger partial charge in [0.2, 0.25) is 5.91 Å². The van der Waals surface area contributed by atoms with E-state index in [-0.39, 0.29) is 24.5 Å². The van der Waals surface area contributed by atoms with Crippen LogP contribution in [0.15, 0.2) is 30.3 Å². The molecule has 1 fully saturated rings. The quantitative estimate of drug-likeness (QED) is 0.605. The van der Waals surface area contributed by atoms with Crippen molar-refractivity contribution in [3.05, 3.63) is 30.3 Å². The molecule has 3 atom stereocenters. The van der Waals surface area contributed by atoms with Crippen LogP contribution < -0.4 is 20.7 Å². The topological polar surface area (TPSA) is 79.5 Å². The van der Waals surface area contributed by atoms with Gasteiger partial charge in [-0.25, -0.2) is 0 Å². The smallest absolute Gasteiger partial charge is 0.258 e. The molecule has 26 heavy (non-hydrogen) atoms. The maximum Gasteiger partial charge on any atom is 0.258 e. The minimum Gasteiger partial charge on any atom is -0.484 e. The summed E-state index contributed by atoms with van der Waals surface area (Å²) < 4.78 is 5.46. The van der Waals surface area contributed by atoms with Crippen LogP contribution >= 0.6 is 11.8 Å². The number of amides is 2. The second-order valence-corrected chi connectivity index (χ2v) is 7.57. The van der Waals surface area contributed by atoms with Gasteiger partial charge in [-0.05, 0) is 56.0 Å². The summed E-state index contributed by atoms with van der Waals surface area (Å²) in [6.45, 7) is 3.83. The Labute approximate surface area is 159 Å². The van der Waals surface area contributed by atoms with Gasteiger partial charge in [0.1, 0.15) is 11.8 Å². The molecule has 2 amide bonds. The van der Waals surface area contributed by atoms with Gasteiger partial charge in [0.25, 0.3) is 5.91 Å². The van der Waals surface area contributed by atoms with Gasteiger partial charge in [-0.1, -0.05) is 25.1 Å². The monoisotopic (exact) mass is 379 g/mol. The van der Waals surface area contributed by atoms with Crippen molar-refractivity contribution in [1.82, 2.24) is 16.0 Å². The number of piperidine rings is 1. The Hall–Kier alpha value is -1.73. The number of rotatable bonds is 9. The van der Waals surface area contributed by atoms with Crippen LogP contribution in [0.25, 0.3) is 0 Å². The third kappa shape index (κ3) is 6.88. The standard InChI is InChI=1S/C19H29N3O3S/c1-14-12-20-10-8-16(14)22-19(24)17(9-11-26-2)21-18(23)13-25-15-6-4-3-5-7-15/h3-7,14,16-17,20H,8-13H2,1-2H3,(H,21,23)(H,22,24). The number of benzene rings is 1. The zero-order valence-corrected chi connectivity index (χ0v) is 16.3. The summed E-state index contributed by atoms with van der Waals surface area (Å²) in [6, 6.07) is 8.80. The van der Waals surface area contributed by atoms with E-state index in [2.05, 4.69) is 22.9 Å². The van der Waals surface area contributed by atoms with Crippen LogP contribution in [0.2, 0.25) is 0 Å². The molecule has 0 radical (unpaired) electrons. The van der Waals surface area contributed by atoms with E-state index >= 15 is 0 Å². The fourth-order valence-electron chi connectivity index (χ4n) is 2.92. The molecule has 0 aromatic heterocycles. The molecule has 6 nitrogen and oxygen atoms in total. The minimum atomic E-state index is -0.531. The largest absolute Gasteiger partial charge is 0.484 e. The lowest BCUT2D eigenvalue weighted by molar-refractivity contribution is -0.130. The van der Waals surface area contributed by atoms with E-state index in [0.29, 0.717) is 18.1 Å². The Kier molecular flexibility index (Phi) is 8.77. The van der Waals surface area contributed by atoms with Crippen LogP contribution in [-0.2, 0) is 9.59 Å². The van der Waals surface area contributed by atoms with Crippen LogP contribution in [0.3, 0.4) is 0 Å². The average molecular weight is 380 g/mol. The molecule has 0 aliphatic carbocycles. The lowest BCUT2D eigenvalue weighted by Crippen LogP contribution is -2.55. The predicted molar refractivity (Wildman–Crippen MR) is 105 cm³/mol. The van der Waals surface area contributed by atoms with Crippen LogP contribution in [0.5, 0.6) is 5.75 Å². The number of hydrogen-bond donors (Lipinski definition) is 3. The molecule has 1 aliphatic heterocycles. The van der Waals surface area contributed by atoms with E-state index in [4.69, 9.17) is 4.74 Å². The van der Waals surface area contributed by atoms with E-state index in [1.165, 1.54) is 0 Å². The molecule has 2 rings (SSSR count). The molecule has 0 bridgehead atoms. The maximum atomic E-state index is 12.7. The molecule has 144 valence electrons. The van der Waals surface area contributed by atoms with Crippen LogP contribution in [-0.4, -0.2) is 55.6 Å². The van der Waals surface area contributed by atoms with Gasteiger partial charge >= 0.3 is 0 Å². The highest BCUT2D eigenvalue weighted by Gasteiger charge is 2.27. The molecule has 1 aromatic rings. The van der Waals surface area contributed by atoms with Crippen molar-refractivity contribution < 1.29 is 14.3 Å². The van der Waals surface area contributed by atoms with E-state index in [0.717, 1.165) is 25.3 Å². The molecular weight excluding hydrogens is 350 g/mol. The zero-order chi connectivity index (χ0) is 18.8. The highest BCUT2D eigenvalue weighted by Crippen LogP contribution is 2.12. The third-order valence-corrected chi connectivity index (χ3v) is 5.13. The molecule has 0 spiro atoms. The molecule has 0 saturated carbocycles. The highest BCUT2D eigenvalue weighted by atomic mass is 32.2. The Balaban J connectivity index is 1.86. The van der Waals surface area contributed by atoms with Gasteiger partial charge in [-0.15, -0.1) is 0 Å². The number of ether oxygens (including phenoxy) is 1. The number of hydrogen-bond acceptors (Lipinski definition) is 5. The lowest BCUT2D eigenvalue weighted by Gasteiger charge is -2.31. The van der Waals surface area contributed by atoms with Crippen molar-refractivity contribution in [1.29, 1.82) is 0 Å². The SMILES string of the molecule is CSCCC(NC(=O)COc1ccccc1)C(=O)NC1CCNCC1C. The molecule has 1 aliphatic rings. The van der Waals surface area contributed by atoms with Gasteiger partial charge < -0.3 is 20.7 Å². The zero-order valence-electron chi connectivity index (χ0n) is 15.5. The summed E-state index contributed by atoms with van der Waals surface area (Å²) in [6.07, 6.45) is 3.50. The first-order chi connectivity index (χ1) is 12.6. The number of nitrogens with one attached hydrogen (secondary N) is 3. The second kappa shape index (κ2) is 11.1. The Morgan fingerprint density at radius 3 is 2.81 bits per heavy atom. The molecular formula is C19H29N3O3S. The van der Waals surface area contributed by atoms with Crippen molar-refractivity contribution in [2.75, 3.05) is 31.7 Å². The van der Waals surface area contributed by atoms with Crippen LogP contribution in [0, 0.1) is 5.92 Å². The third-order valence-electron chi connectivity index (χ3n) is 4.49. The van der Waals surface area contributed by atoms with Crippen molar-refractivity contribution in [3.8, 4) is 5.75 Å². The van der Waals surface area contributed by atoms with Crippen LogP contribution in [0.1, 0.15) is 19.8 Å². The normalized spacial score (nSPS) is 20.8. The van der Waals surface area contributed by atoms with Crippen molar-refractivity contribution in [2.24, 2.45) is 5.92 Å². The number of carbonyl (C=O) groups excluding carboxylic acids is 2. The average Bonchev–Trinajstić information content (AvgIpc) is 2.66. The first kappa shape index (κ1) is 20.6. The molecule has 1 heterocycles. The van der Waals surface area contributed by atoms with Gasteiger partial charge in [0.05, 0.1) is 0 Å². The molecule has 3 unspecified atom stereocenters. The Morgan fingerprint density at radius 2 is 2.12 bits per heavy atom. The predicted octanol–water partition coefficient (Wildman–Crippen LogP) is 1.42. The number of carbonyl (C=O) groups is 2. The molecule has 3 N–H and O–H groups in total. The van der Waals surface area contributed by atoms with Gasteiger partial charge in [-0.3, -0.25) is 9.59 Å². The van der Waals surface area contributed by atoms with E-state index in [1.54, 1.807) is 23.9 Å². The van der Waals surface area contributed by atoms with Crippen molar-refractivity contribution >= 4 is 23.6 Å². The fraction of sp³-hybridized carbons (Fsp3) is 0.579. The fourth-order valence-corrected chi connectivity index (χ4v) is 3.39. The lowest BCUT2D eigenvalue weighted by atomic mass is 9.95. The summed E-state index contributed by atoms with van der Waals surface area (Å²) >= 11 is 1.66. The van der Waals surface area contributed by atoms with Crippen LogP contribution in [0.4, 0.5) is 0 Å². The molecule has 7 heteroatoms. The molecule has 1 saturated heterocycles. The highest BCUT2D eigenvalue weighted by molar-refractivity contribution is 7.98. The van der Waals surface area contributed by atoms with Crippen molar-refractivity contribution in [2.45, 2.75) is 31.8 Å². The van der Waals surface area contributed by atoms with Gasteiger partial charge in [0.15, 0.2) is 6.61 Å². The summed E-state index contributed by atoms with van der Waals surface area (Å²) in [5.41, 5.74) is 0. The van der Waals surface area contributed by atoms with Gasteiger partial charge in [0, 0.05) is 6.04 Å².